The second kappa shape index (κ2) is 5.70. The van der Waals surface area contributed by atoms with Gasteiger partial charge in [0.25, 0.3) is 0 Å². The molecule has 1 aromatic rings. The van der Waals surface area contributed by atoms with Crippen molar-refractivity contribution in [1.82, 2.24) is 0 Å². The molecule has 1 aromatic carbocycles. The molecule has 0 heterocycles. The molecule has 0 aromatic heterocycles. The van der Waals surface area contributed by atoms with Crippen LogP contribution in [0.15, 0.2) is 18.2 Å². The molecule has 1 fully saturated rings. The summed E-state index contributed by atoms with van der Waals surface area (Å²) in [5, 5.41) is 9.82. The zero-order chi connectivity index (χ0) is 13.1. The summed E-state index contributed by atoms with van der Waals surface area (Å²) in [5.74, 6) is -0.280. The van der Waals surface area contributed by atoms with E-state index in [-0.39, 0.29) is 5.82 Å². The fourth-order valence-corrected chi connectivity index (χ4v) is 2.96. The van der Waals surface area contributed by atoms with Crippen molar-refractivity contribution in [3.8, 4) is 0 Å². The molecule has 2 nitrogen and oxygen atoms in total. The molecule has 1 atom stereocenters. The third-order valence-electron chi connectivity index (χ3n) is 3.86. The van der Waals surface area contributed by atoms with Crippen LogP contribution < -0.4 is 4.90 Å². The van der Waals surface area contributed by atoms with Crippen molar-refractivity contribution in [2.45, 2.75) is 51.7 Å². The third kappa shape index (κ3) is 2.66. The van der Waals surface area contributed by atoms with E-state index in [4.69, 9.17) is 0 Å². The van der Waals surface area contributed by atoms with E-state index < -0.39 is 6.10 Å². The first kappa shape index (κ1) is 13.3. The van der Waals surface area contributed by atoms with E-state index in [9.17, 15) is 9.50 Å². The lowest BCUT2D eigenvalue weighted by Crippen LogP contribution is -2.34. The van der Waals surface area contributed by atoms with Crippen molar-refractivity contribution >= 4 is 5.69 Å². The van der Waals surface area contributed by atoms with Crippen LogP contribution in [0.3, 0.4) is 0 Å². The third-order valence-corrected chi connectivity index (χ3v) is 3.86. The SMILES string of the molecule is CCN(c1ccc(F)cc1C(C)O)C1CCCC1. The molecule has 0 radical (unpaired) electrons. The molecule has 0 aliphatic heterocycles. The maximum atomic E-state index is 13.3. The van der Waals surface area contributed by atoms with Gasteiger partial charge < -0.3 is 10.0 Å². The Morgan fingerprint density at radius 1 is 1.39 bits per heavy atom. The number of halogens is 1. The maximum Gasteiger partial charge on any atom is 0.123 e. The Morgan fingerprint density at radius 2 is 2.06 bits per heavy atom. The first-order valence-electron chi connectivity index (χ1n) is 6.87. The van der Waals surface area contributed by atoms with Gasteiger partial charge in [-0.05, 0) is 44.9 Å². The van der Waals surface area contributed by atoms with Gasteiger partial charge in [0.2, 0.25) is 0 Å². The number of benzene rings is 1. The summed E-state index contributed by atoms with van der Waals surface area (Å²) in [4.78, 5) is 2.31. The van der Waals surface area contributed by atoms with Gasteiger partial charge in [0, 0.05) is 23.8 Å². The maximum absolute atomic E-state index is 13.3. The number of aliphatic hydroxyl groups is 1. The second-order valence-electron chi connectivity index (χ2n) is 5.10. The summed E-state index contributed by atoms with van der Waals surface area (Å²) in [6.07, 6.45) is 4.30. The van der Waals surface area contributed by atoms with Gasteiger partial charge in [0.05, 0.1) is 6.10 Å². The molecule has 100 valence electrons. The summed E-state index contributed by atoms with van der Waals surface area (Å²) in [6.45, 7) is 4.71. The number of rotatable bonds is 4. The molecule has 2 rings (SSSR count). The number of anilines is 1. The molecular formula is C15H22FNO. The van der Waals surface area contributed by atoms with Crippen LogP contribution in [-0.4, -0.2) is 17.7 Å². The van der Waals surface area contributed by atoms with Gasteiger partial charge in [0.1, 0.15) is 5.82 Å². The van der Waals surface area contributed by atoms with Crippen LogP contribution in [0.2, 0.25) is 0 Å². The highest BCUT2D eigenvalue weighted by Gasteiger charge is 2.24. The number of nitrogens with zero attached hydrogens (tertiary/aromatic N) is 1. The number of hydrogen-bond donors (Lipinski definition) is 1. The highest BCUT2D eigenvalue weighted by atomic mass is 19.1. The van der Waals surface area contributed by atoms with Crippen LogP contribution in [0.4, 0.5) is 10.1 Å². The lowest BCUT2D eigenvalue weighted by atomic mass is 10.0. The predicted octanol–water partition coefficient (Wildman–Crippen LogP) is 3.65. The van der Waals surface area contributed by atoms with E-state index in [1.54, 1.807) is 13.0 Å². The quantitative estimate of drug-likeness (QED) is 0.883. The number of hydrogen-bond acceptors (Lipinski definition) is 2. The minimum Gasteiger partial charge on any atom is -0.389 e. The first-order valence-corrected chi connectivity index (χ1v) is 6.87. The fraction of sp³-hybridized carbons (Fsp3) is 0.600. The topological polar surface area (TPSA) is 23.5 Å². The molecule has 18 heavy (non-hydrogen) atoms. The average Bonchev–Trinajstić information content (AvgIpc) is 2.85. The monoisotopic (exact) mass is 251 g/mol. The standard InChI is InChI=1S/C15H22FNO/c1-3-17(13-6-4-5-7-13)15-9-8-12(16)10-14(15)11(2)18/h8-11,13,18H,3-7H2,1-2H3. The first-order chi connectivity index (χ1) is 8.63. The van der Waals surface area contributed by atoms with Gasteiger partial charge in [-0.3, -0.25) is 0 Å². The minimum atomic E-state index is -0.633. The highest BCUT2D eigenvalue weighted by Crippen LogP contribution is 2.33. The summed E-state index contributed by atoms with van der Waals surface area (Å²) < 4.78 is 13.3. The Labute approximate surface area is 108 Å². The molecule has 0 bridgehead atoms. The van der Waals surface area contributed by atoms with Crippen molar-refractivity contribution in [1.29, 1.82) is 0 Å². The lowest BCUT2D eigenvalue weighted by molar-refractivity contribution is 0.199. The van der Waals surface area contributed by atoms with Gasteiger partial charge in [-0.1, -0.05) is 12.8 Å². The molecular weight excluding hydrogens is 229 g/mol. The highest BCUT2D eigenvalue weighted by molar-refractivity contribution is 5.55. The molecule has 0 saturated heterocycles. The van der Waals surface area contributed by atoms with E-state index in [0.717, 1.165) is 12.2 Å². The summed E-state index contributed by atoms with van der Waals surface area (Å²) in [5.41, 5.74) is 1.68. The second-order valence-corrected chi connectivity index (χ2v) is 5.10. The molecule has 0 amide bonds. The molecule has 1 N–H and O–H groups in total. The van der Waals surface area contributed by atoms with Crippen LogP contribution in [-0.2, 0) is 0 Å². The Hall–Kier alpha value is -1.09. The van der Waals surface area contributed by atoms with Crippen LogP contribution in [0.5, 0.6) is 0 Å². The van der Waals surface area contributed by atoms with Crippen molar-refractivity contribution in [3.63, 3.8) is 0 Å². The van der Waals surface area contributed by atoms with Gasteiger partial charge >= 0.3 is 0 Å². The summed E-state index contributed by atoms with van der Waals surface area (Å²) in [6, 6.07) is 5.29. The van der Waals surface area contributed by atoms with E-state index in [2.05, 4.69) is 11.8 Å². The van der Waals surface area contributed by atoms with Crippen molar-refractivity contribution < 1.29 is 9.50 Å². The zero-order valence-electron chi connectivity index (χ0n) is 11.2. The Bertz CT molecular complexity index is 399. The van der Waals surface area contributed by atoms with Gasteiger partial charge in [-0.25, -0.2) is 4.39 Å². The van der Waals surface area contributed by atoms with Crippen molar-refractivity contribution in [2.75, 3.05) is 11.4 Å². The molecule has 1 aliphatic rings. The number of aliphatic hydroxyl groups excluding tert-OH is 1. The normalized spacial score (nSPS) is 18.0. The van der Waals surface area contributed by atoms with Crippen molar-refractivity contribution in [3.05, 3.63) is 29.6 Å². The van der Waals surface area contributed by atoms with E-state index in [0.29, 0.717) is 11.6 Å². The van der Waals surface area contributed by atoms with E-state index in [1.807, 2.05) is 0 Å². The Balaban J connectivity index is 2.34. The lowest BCUT2D eigenvalue weighted by Gasteiger charge is -2.32. The van der Waals surface area contributed by atoms with Crippen LogP contribution >= 0.6 is 0 Å². The fourth-order valence-electron chi connectivity index (χ4n) is 2.96. The van der Waals surface area contributed by atoms with Gasteiger partial charge in [0.15, 0.2) is 0 Å². The molecule has 0 spiro atoms. The van der Waals surface area contributed by atoms with Gasteiger partial charge in [-0.2, -0.15) is 0 Å². The Morgan fingerprint density at radius 3 is 2.61 bits per heavy atom. The van der Waals surface area contributed by atoms with Crippen LogP contribution in [0.1, 0.15) is 51.2 Å². The minimum absolute atomic E-state index is 0.280. The summed E-state index contributed by atoms with van der Waals surface area (Å²) >= 11 is 0. The molecule has 1 aliphatic carbocycles. The smallest absolute Gasteiger partial charge is 0.123 e. The largest absolute Gasteiger partial charge is 0.389 e. The van der Waals surface area contributed by atoms with Gasteiger partial charge in [-0.15, -0.1) is 0 Å². The van der Waals surface area contributed by atoms with Crippen molar-refractivity contribution in [2.24, 2.45) is 0 Å². The van der Waals surface area contributed by atoms with E-state index >= 15 is 0 Å². The molecule has 1 saturated carbocycles. The van der Waals surface area contributed by atoms with Crippen LogP contribution in [0, 0.1) is 5.82 Å². The molecule has 1 unspecified atom stereocenters. The average molecular weight is 251 g/mol. The van der Waals surface area contributed by atoms with Crippen LogP contribution in [0.25, 0.3) is 0 Å². The van der Waals surface area contributed by atoms with E-state index in [1.165, 1.54) is 37.8 Å². The Kier molecular flexibility index (Phi) is 4.23. The predicted molar refractivity (Wildman–Crippen MR) is 72.3 cm³/mol. The zero-order valence-corrected chi connectivity index (χ0v) is 11.2. The molecule has 3 heteroatoms. The summed E-state index contributed by atoms with van der Waals surface area (Å²) in [7, 11) is 0.